The van der Waals surface area contributed by atoms with Crippen LogP contribution in [0.4, 0.5) is 0 Å². The lowest BCUT2D eigenvalue weighted by Crippen LogP contribution is -2.24. The van der Waals surface area contributed by atoms with Crippen molar-refractivity contribution in [2.45, 2.75) is 76.5 Å². The second-order valence-electron chi connectivity index (χ2n) is 5.82. The van der Waals surface area contributed by atoms with Crippen LogP contribution in [0, 0.1) is 0 Å². The fraction of sp³-hybridized carbons (Fsp3) is 0.923. The third-order valence-corrected chi connectivity index (χ3v) is 7.03. The first-order valence-electron chi connectivity index (χ1n) is 6.62. The van der Waals surface area contributed by atoms with Crippen LogP contribution in [-0.4, -0.2) is 13.9 Å². The van der Waals surface area contributed by atoms with Crippen molar-refractivity contribution in [3.8, 4) is 0 Å². The van der Waals surface area contributed by atoms with E-state index in [4.69, 9.17) is 0 Å². The van der Waals surface area contributed by atoms with E-state index in [1.54, 1.807) is 0 Å². The van der Waals surface area contributed by atoms with Gasteiger partial charge in [0, 0.05) is 20.9 Å². The quantitative estimate of drug-likeness (QED) is 0.560. The zero-order valence-corrected chi connectivity index (χ0v) is 11.5. The lowest BCUT2D eigenvalue weighted by atomic mass is 10.1. The molecule has 0 atom stereocenters. The molecule has 0 aromatic heterocycles. The van der Waals surface area contributed by atoms with Gasteiger partial charge in [-0.15, -0.1) is 0 Å². The molecule has 0 saturated carbocycles. The highest BCUT2D eigenvalue weighted by molar-refractivity contribution is 6.77. The molecule has 0 aromatic carbocycles. The molecule has 0 amide bonds. The fourth-order valence-electron chi connectivity index (χ4n) is 2.45. The third-order valence-electron chi connectivity index (χ3n) is 3.62. The van der Waals surface area contributed by atoms with E-state index in [-0.39, 0.29) is 0 Å². The minimum atomic E-state index is -0.868. The molecular formula is C13H26OSi. The highest BCUT2D eigenvalue weighted by Gasteiger charge is 2.19. The van der Waals surface area contributed by atoms with Crippen LogP contribution in [0.15, 0.2) is 0 Å². The van der Waals surface area contributed by atoms with Gasteiger partial charge in [-0.3, -0.25) is 4.79 Å². The zero-order valence-electron chi connectivity index (χ0n) is 10.5. The maximum Gasteiger partial charge on any atom is 0.132 e. The van der Waals surface area contributed by atoms with Crippen molar-refractivity contribution in [3.05, 3.63) is 0 Å². The molecular weight excluding hydrogens is 200 g/mol. The summed E-state index contributed by atoms with van der Waals surface area (Å²) < 4.78 is 0. The summed E-state index contributed by atoms with van der Waals surface area (Å²) in [7, 11) is -0.868. The van der Waals surface area contributed by atoms with Crippen LogP contribution in [-0.2, 0) is 4.79 Å². The van der Waals surface area contributed by atoms with E-state index >= 15 is 0 Å². The summed E-state index contributed by atoms with van der Waals surface area (Å²) in [4.78, 5) is 11.4. The first kappa shape index (κ1) is 13.0. The molecule has 0 N–H and O–H groups in total. The summed E-state index contributed by atoms with van der Waals surface area (Å²) in [5.41, 5.74) is 0. The highest BCUT2D eigenvalue weighted by atomic mass is 28.3. The van der Waals surface area contributed by atoms with Gasteiger partial charge in [0.2, 0.25) is 0 Å². The Labute approximate surface area is 95.7 Å². The molecule has 1 fully saturated rings. The van der Waals surface area contributed by atoms with E-state index in [1.165, 1.54) is 37.8 Å². The second-order valence-corrected chi connectivity index (χ2v) is 11.2. The minimum Gasteiger partial charge on any atom is -0.300 e. The van der Waals surface area contributed by atoms with Gasteiger partial charge in [-0.2, -0.15) is 0 Å². The predicted molar refractivity (Wildman–Crippen MR) is 69.0 cm³/mol. The summed E-state index contributed by atoms with van der Waals surface area (Å²) in [6, 6.07) is 2.95. The van der Waals surface area contributed by atoms with Gasteiger partial charge in [0.1, 0.15) is 5.78 Å². The number of carbonyl (C=O) groups excluding carboxylic acids is 1. The standard InChI is InChI=1S/C13H26OSi/c1-15(2)11-7-3-5-9-13(14)10-6-4-8-12-15/h3-12H2,1-2H3. The van der Waals surface area contributed by atoms with Gasteiger partial charge in [0.05, 0.1) is 0 Å². The first-order valence-corrected chi connectivity index (χ1v) is 10.0. The molecule has 0 aromatic rings. The topological polar surface area (TPSA) is 17.1 Å². The maximum absolute atomic E-state index is 11.4. The SMILES string of the molecule is C[Si]1(C)CCCCCC(=O)CCCCC1. The van der Waals surface area contributed by atoms with Crippen molar-refractivity contribution in [2.75, 3.05) is 0 Å². The van der Waals surface area contributed by atoms with Crippen LogP contribution in [0.5, 0.6) is 0 Å². The molecule has 0 radical (unpaired) electrons. The molecule has 2 heteroatoms. The Kier molecular flexibility index (Phi) is 5.58. The monoisotopic (exact) mass is 226 g/mol. The van der Waals surface area contributed by atoms with Crippen LogP contribution >= 0.6 is 0 Å². The van der Waals surface area contributed by atoms with Crippen LogP contribution in [0.3, 0.4) is 0 Å². The molecule has 1 heterocycles. The molecule has 0 aliphatic carbocycles. The predicted octanol–water partition coefficient (Wildman–Crippen LogP) is 4.40. The average molecular weight is 226 g/mol. The van der Waals surface area contributed by atoms with Gasteiger partial charge >= 0.3 is 0 Å². The largest absolute Gasteiger partial charge is 0.300 e. The van der Waals surface area contributed by atoms with Crippen LogP contribution in [0.25, 0.3) is 0 Å². The summed E-state index contributed by atoms with van der Waals surface area (Å²) in [5.74, 6) is 0.507. The van der Waals surface area contributed by atoms with Gasteiger partial charge < -0.3 is 0 Å². The molecule has 1 rings (SSSR count). The summed E-state index contributed by atoms with van der Waals surface area (Å²) >= 11 is 0. The lowest BCUT2D eigenvalue weighted by molar-refractivity contribution is -0.119. The van der Waals surface area contributed by atoms with Gasteiger partial charge in [-0.25, -0.2) is 0 Å². The molecule has 88 valence electrons. The van der Waals surface area contributed by atoms with Crippen molar-refractivity contribution in [1.82, 2.24) is 0 Å². The third kappa shape index (κ3) is 6.13. The van der Waals surface area contributed by atoms with Gasteiger partial charge in [0.15, 0.2) is 0 Å². The molecule has 0 bridgehead atoms. The molecule has 0 unspecified atom stereocenters. The van der Waals surface area contributed by atoms with E-state index in [9.17, 15) is 4.79 Å². The second kappa shape index (κ2) is 6.47. The van der Waals surface area contributed by atoms with Crippen molar-refractivity contribution < 1.29 is 4.79 Å². The molecule has 15 heavy (non-hydrogen) atoms. The molecule has 1 aliphatic heterocycles. The van der Waals surface area contributed by atoms with E-state index in [0.717, 1.165) is 25.7 Å². The van der Waals surface area contributed by atoms with Crippen molar-refractivity contribution in [1.29, 1.82) is 0 Å². The number of Topliss-reactive ketones (excluding diaryl/α,β-unsaturated/α-hetero) is 1. The van der Waals surface area contributed by atoms with Crippen LogP contribution in [0.2, 0.25) is 25.2 Å². The molecule has 1 nitrogen and oxygen atoms in total. The smallest absolute Gasteiger partial charge is 0.132 e. The number of hydrogen-bond acceptors (Lipinski definition) is 1. The summed E-state index contributed by atoms with van der Waals surface area (Å²) in [6.45, 7) is 5.06. The first-order chi connectivity index (χ1) is 7.10. The highest BCUT2D eigenvalue weighted by Crippen LogP contribution is 2.23. The molecule has 1 saturated heterocycles. The summed E-state index contributed by atoms with van der Waals surface area (Å²) in [5, 5.41) is 0. The molecule has 1 aliphatic rings. The van der Waals surface area contributed by atoms with Crippen LogP contribution < -0.4 is 0 Å². The maximum atomic E-state index is 11.4. The fourth-order valence-corrected chi connectivity index (χ4v) is 5.12. The Balaban J connectivity index is 2.33. The Morgan fingerprint density at radius 1 is 0.800 bits per heavy atom. The number of rotatable bonds is 0. The van der Waals surface area contributed by atoms with E-state index < -0.39 is 8.07 Å². The Morgan fingerprint density at radius 3 is 1.73 bits per heavy atom. The Morgan fingerprint density at radius 2 is 1.27 bits per heavy atom. The number of hydrogen-bond donors (Lipinski definition) is 0. The normalized spacial score (nSPS) is 25.3. The van der Waals surface area contributed by atoms with E-state index in [2.05, 4.69) is 13.1 Å². The van der Waals surface area contributed by atoms with Crippen LogP contribution in [0.1, 0.15) is 51.4 Å². The Bertz CT molecular complexity index is 181. The van der Waals surface area contributed by atoms with E-state index in [1.807, 2.05) is 0 Å². The van der Waals surface area contributed by atoms with Crippen molar-refractivity contribution >= 4 is 13.9 Å². The average Bonchev–Trinajstić information content (AvgIpc) is 2.14. The van der Waals surface area contributed by atoms with Gasteiger partial charge in [-0.1, -0.05) is 50.9 Å². The van der Waals surface area contributed by atoms with E-state index in [0.29, 0.717) is 5.78 Å². The molecule has 0 spiro atoms. The Hall–Kier alpha value is -0.113. The summed E-state index contributed by atoms with van der Waals surface area (Å²) in [6.07, 6.45) is 9.28. The van der Waals surface area contributed by atoms with Crippen molar-refractivity contribution in [3.63, 3.8) is 0 Å². The lowest BCUT2D eigenvalue weighted by Gasteiger charge is -2.22. The zero-order chi connectivity index (χ0) is 11.1. The van der Waals surface area contributed by atoms with Gasteiger partial charge in [0.25, 0.3) is 0 Å². The van der Waals surface area contributed by atoms with Crippen molar-refractivity contribution in [2.24, 2.45) is 0 Å². The number of ketones is 1. The van der Waals surface area contributed by atoms with Gasteiger partial charge in [-0.05, 0) is 12.8 Å². The number of carbonyl (C=O) groups is 1. The minimum absolute atomic E-state index is 0.507.